The van der Waals surface area contributed by atoms with Gasteiger partial charge in [-0.25, -0.2) is 4.98 Å². The lowest BCUT2D eigenvalue weighted by Gasteiger charge is -2.09. The average Bonchev–Trinajstić information content (AvgIpc) is 3.61. The summed E-state index contributed by atoms with van der Waals surface area (Å²) in [5.74, 6) is 0.541. The highest BCUT2D eigenvalue weighted by Crippen LogP contribution is 2.32. The first-order valence-corrected chi connectivity index (χ1v) is 14.0. The van der Waals surface area contributed by atoms with Crippen LogP contribution in [-0.2, 0) is 11.2 Å². The van der Waals surface area contributed by atoms with Gasteiger partial charge in [-0.1, -0.05) is 79.9 Å². The third kappa shape index (κ3) is 6.47. The van der Waals surface area contributed by atoms with Gasteiger partial charge in [0.1, 0.15) is 5.69 Å². The van der Waals surface area contributed by atoms with Crippen molar-refractivity contribution < 1.29 is 4.79 Å². The molecular weight excluding hydrogens is 532 g/mol. The van der Waals surface area contributed by atoms with Crippen LogP contribution in [0.4, 0.5) is 5.69 Å². The lowest BCUT2D eigenvalue weighted by Crippen LogP contribution is -2.23. The number of fused-ring (bicyclic) bond motifs is 1. The number of nitrogens with one attached hydrogen (secondary N) is 3. The predicted octanol–water partition coefficient (Wildman–Crippen LogP) is 7.29. The van der Waals surface area contributed by atoms with Gasteiger partial charge in [-0.3, -0.25) is 9.89 Å². The number of hydrogen-bond acceptors (Lipinski definition) is 4. The molecule has 0 saturated heterocycles. The molecule has 0 aliphatic heterocycles. The Labute approximate surface area is 251 Å². The third-order valence-corrected chi connectivity index (χ3v) is 7.08. The molecule has 0 fully saturated rings. The van der Waals surface area contributed by atoms with Crippen LogP contribution in [0, 0.1) is 6.92 Å². The zero-order valence-corrected chi connectivity index (χ0v) is 24.3. The molecule has 5 rings (SSSR count). The first kappa shape index (κ1) is 28.8. The summed E-state index contributed by atoms with van der Waals surface area (Å²) < 4.78 is 0. The van der Waals surface area contributed by atoms with Crippen LogP contribution in [0.1, 0.15) is 35.0 Å². The average molecular weight is 567 g/mol. The lowest BCUT2D eigenvalue weighted by atomic mass is 10.0. The Morgan fingerprint density at radius 2 is 1.84 bits per heavy atom. The zero-order chi connectivity index (χ0) is 30.3. The number of nitrogens with two attached hydrogens (primary N) is 1. The number of nitrogen functional groups attached to an aromatic ring is 1. The molecule has 5 N–H and O–H groups in total. The standard InChI is InChI=1S/C36H34N6O/c1-5-12-30(27-15-11-16-28(37)20-27)34-23(4)38-36(40-34)35-31-22-26(17-18-32(31)41-42-35)25(6-2)21-29(7-3)39-33(43)19-24-13-9-8-10-14-24/h5-18,20-22H,1,3,19,37H2,2,4H3,(H,38,40)(H,39,43)(H,41,42)/b25-6+,29-21+,30-12-. The van der Waals surface area contributed by atoms with Gasteiger partial charge in [0, 0.05) is 28.0 Å². The van der Waals surface area contributed by atoms with Crippen LogP contribution in [0.3, 0.4) is 0 Å². The highest BCUT2D eigenvalue weighted by Gasteiger charge is 2.18. The minimum atomic E-state index is -0.104. The smallest absolute Gasteiger partial charge is 0.228 e. The first-order valence-electron chi connectivity index (χ1n) is 14.0. The van der Waals surface area contributed by atoms with Crippen LogP contribution in [0.2, 0.25) is 0 Å². The Kier molecular flexibility index (Phi) is 8.63. The first-order chi connectivity index (χ1) is 20.9. The van der Waals surface area contributed by atoms with Crippen molar-refractivity contribution in [2.75, 3.05) is 5.73 Å². The number of imidazole rings is 1. The molecule has 7 nitrogen and oxygen atoms in total. The van der Waals surface area contributed by atoms with Gasteiger partial charge in [-0.2, -0.15) is 5.10 Å². The molecule has 0 spiro atoms. The molecule has 0 radical (unpaired) electrons. The summed E-state index contributed by atoms with van der Waals surface area (Å²) in [6, 6.07) is 23.4. The van der Waals surface area contributed by atoms with Gasteiger partial charge in [-0.05, 0) is 72.5 Å². The summed E-state index contributed by atoms with van der Waals surface area (Å²) in [5.41, 5.74) is 15.4. The molecule has 0 aliphatic rings. The molecule has 0 saturated carbocycles. The van der Waals surface area contributed by atoms with Crippen molar-refractivity contribution in [2.45, 2.75) is 20.3 Å². The van der Waals surface area contributed by atoms with E-state index in [1.165, 1.54) is 0 Å². The van der Waals surface area contributed by atoms with Crippen molar-refractivity contribution in [1.82, 2.24) is 25.5 Å². The number of anilines is 1. The Morgan fingerprint density at radius 3 is 2.56 bits per heavy atom. The zero-order valence-electron chi connectivity index (χ0n) is 24.3. The molecule has 2 aromatic heterocycles. The van der Waals surface area contributed by atoms with E-state index in [9.17, 15) is 4.79 Å². The summed E-state index contributed by atoms with van der Waals surface area (Å²) in [7, 11) is 0. The quantitative estimate of drug-likeness (QED) is 0.105. The summed E-state index contributed by atoms with van der Waals surface area (Å²) >= 11 is 0. The number of amides is 1. The van der Waals surface area contributed by atoms with Crippen molar-refractivity contribution in [3.05, 3.63) is 150 Å². The molecule has 1 amide bonds. The maximum Gasteiger partial charge on any atom is 0.228 e. The largest absolute Gasteiger partial charge is 0.399 e. The van der Waals surface area contributed by atoms with Crippen LogP contribution in [-0.4, -0.2) is 26.1 Å². The molecular formula is C36H34N6O. The summed E-state index contributed by atoms with van der Waals surface area (Å²) in [6.45, 7) is 11.8. The van der Waals surface area contributed by atoms with E-state index in [1.807, 2.05) is 98.8 Å². The molecule has 5 aromatic rings. The number of carbonyl (C=O) groups excluding carboxylic acids is 1. The number of aromatic nitrogens is 4. The van der Waals surface area contributed by atoms with Crippen LogP contribution in [0.5, 0.6) is 0 Å². The van der Waals surface area contributed by atoms with E-state index < -0.39 is 0 Å². The Bertz CT molecular complexity index is 1900. The highest BCUT2D eigenvalue weighted by molar-refractivity contribution is 5.95. The Balaban J connectivity index is 1.46. The number of allylic oxidation sites excluding steroid dienone is 6. The minimum Gasteiger partial charge on any atom is -0.399 e. The monoisotopic (exact) mass is 566 g/mol. The second-order valence-corrected chi connectivity index (χ2v) is 10.1. The van der Waals surface area contributed by atoms with Crippen molar-refractivity contribution in [1.29, 1.82) is 0 Å². The van der Waals surface area contributed by atoms with E-state index in [-0.39, 0.29) is 12.3 Å². The van der Waals surface area contributed by atoms with Gasteiger partial charge in [-0.15, -0.1) is 0 Å². The van der Waals surface area contributed by atoms with Gasteiger partial charge in [0.15, 0.2) is 5.82 Å². The van der Waals surface area contributed by atoms with Gasteiger partial charge >= 0.3 is 0 Å². The van der Waals surface area contributed by atoms with E-state index in [4.69, 9.17) is 10.7 Å². The fourth-order valence-corrected chi connectivity index (χ4v) is 4.98. The maximum absolute atomic E-state index is 12.7. The summed E-state index contributed by atoms with van der Waals surface area (Å²) in [5, 5.41) is 11.6. The molecule has 0 unspecified atom stereocenters. The fourth-order valence-electron chi connectivity index (χ4n) is 4.98. The number of carbonyl (C=O) groups is 1. The van der Waals surface area contributed by atoms with Gasteiger partial charge in [0.25, 0.3) is 0 Å². The van der Waals surface area contributed by atoms with Gasteiger partial charge in [0.05, 0.1) is 17.6 Å². The van der Waals surface area contributed by atoms with Gasteiger partial charge in [0.2, 0.25) is 5.91 Å². The molecule has 214 valence electrons. The second-order valence-electron chi connectivity index (χ2n) is 10.1. The summed E-state index contributed by atoms with van der Waals surface area (Å²) in [4.78, 5) is 21.1. The van der Waals surface area contributed by atoms with E-state index >= 15 is 0 Å². The van der Waals surface area contributed by atoms with Crippen molar-refractivity contribution in [3.8, 4) is 11.5 Å². The van der Waals surface area contributed by atoms with Crippen LogP contribution < -0.4 is 11.1 Å². The maximum atomic E-state index is 12.7. The lowest BCUT2D eigenvalue weighted by molar-refractivity contribution is -0.119. The number of rotatable bonds is 10. The van der Waals surface area contributed by atoms with Crippen molar-refractivity contribution in [3.63, 3.8) is 0 Å². The number of aromatic amines is 2. The predicted molar refractivity (Wildman–Crippen MR) is 177 cm³/mol. The molecule has 3 aromatic carbocycles. The van der Waals surface area contributed by atoms with Crippen molar-refractivity contribution in [2.24, 2.45) is 0 Å². The molecule has 0 aliphatic carbocycles. The molecule has 0 atom stereocenters. The molecule has 2 heterocycles. The van der Waals surface area contributed by atoms with Crippen LogP contribution in [0.15, 0.2) is 122 Å². The highest BCUT2D eigenvalue weighted by atomic mass is 16.1. The SMILES string of the molecule is C=C/C=C(/c1cccc(N)c1)c1nc(-c2n[nH]c3ccc(C(/C=C(\C=C)NC(=O)Cc4ccccc4)=C/C)cc23)[nH]c1C. The molecule has 43 heavy (non-hydrogen) atoms. The van der Waals surface area contributed by atoms with E-state index in [1.54, 1.807) is 12.2 Å². The second kappa shape index (κ2) is 12.9. The van der Waals surface area contributed by atoms with E-state index in [0.29, 0.717) is 22.9 Å². The minimum absolute atomic E-state index is 0.104. The Morgan fingerprint density at radius 1 is 1.02 bits per heavy atom. The number of H-pyrrole nitrogens is 2. The topological polar surface area (TPSA) is 112 Å². The van der Waals surface area contributed by atoms with Crippen LogP contribution in [0.25, 0.3) is 33.6 Å². The fraction of sp³-hybridized carbons (Fsp3) is 0.0833. The van der Waals surface area contributed by atoms with Crippen molar-refractivity contribution >= 4 is 33.6 Å². The van der Waals surface area contributed by atoms with E-state index in [2.05, 4.69) is 39.7 Å². The number of aryl methyl sites for hydroxylation is 1. The number of benzene rings is 3. The molecule has 0 bridgehead atoms. The van der Waals surface area contributed by atoms with E-state index in [0.717, 1.165) is 50.1 Å². The molecule has 7 heteroatoms. The van der Waals surface area contributed by atoms with Crippen LogP contribution >= 0.6 is 0 Å². The van der Waals surface area contributed by atoms with Gasteiger partial charge < -0.3 is 16.0 Å². The normalized spacial score (nSPS) is 12.4. The number of hydrogen-bond donors (Lipinski definition) is 4. The number of nitrogens with zero attached hydrogens (tertiary/aromatic N) is 2. The summed E-state index contributed by atoms with van der Waals surface area (Å²) in [6.07, 6.45) is 9.54. The third-order valence-electron chi connectivity index (χ3n) is 7.08. The Hall–Kier alpha value is -5.69.